The van der Waals surface area contributed by atoms with Crippen LogP contribution in [0, 0.1) is 0 Å². The van der Waals surface area contributed by atoms with Crippen molar-refractivity contribution in [3.63, 3.8) is 0 Å². The molecule has 0 unspecified atom stereocenters. The van der Waals surface area contributed by atoms with Crippen molar-refractivity contribution in [2.24, 2.45) is 0 Å². The van der Waals surface area contributed by atoms with Crippen LogP contribution in [-0.4, -0.2) is 30.1 Å². The molecular formula is C19H18N2O3S. The summed E-state index contributed by atoms with van der Waals surface area (Å²) in [6.45, 7) is 1.24. The molecule has 6 heteroatoms. The summed E-state index contributed by atoms with van der Waals surface area (Å²) in [6, 6.07) is 13.3. The molecule has 1 aliphatic heterocycles. The fourth-order valence-corrected chi connectivity index (χ4v) is 3.74. The summed E-state index contributed by atoms with van der Waals surface area (Å²) in [5.74, 6) is 0.129. The molecule has 1 aliphatic rings. The minimum absolute atomic E-state index is 0.0444. The van der Waals surface area contributed by atoms with E-state index in [4.69, 9.17) is 9.15 Å². The summed E-state index contributed by atoms with van der Waals surface area (Å²) >= 11 is 1.46. The van der Waals surface area contributed by atoms with Crippen molar-refractivity contribution in [1.29, 1.82) is 0 Å². The molecule has 1 fully saturated rings. The average Bonchev–Trinajstić information content (AvgIpc) is 3.42. The molecule has 0 bridgehead atoms. The summed E-state index contributed by atoms with van der Waals surface area (Å²) in [4.78, 5) is 19.2. The number of amides is 1. The van der Waals surface area contributed by atoms with Crippen molar-refractivity contribution in [3.05, 3.63) is 59.9 Å². The standard InChI is InChI=1S/C19H18N2O3S/c22-18(17-9-5-11-24-17)21(12-15-8-4-10-23-15)19-20-16(13-25-19)14-6-2-1-3-7-14/h1-3,5-7,9,11,13,15H,4,8,10,12H2/t15-/m0/s1. The molecule has 0 radical (unpaired) electrons. The predicted molar refractivity (Wildman–Crippen MR) is 96.9 cm³/mol. The molecule has 0 saturated carbocycles. The molecular weight excluding hydrogens is 336 g/mol. The van der Waals surface area contributed by atoms with E-state index < -0.39 is 0 Å². The van der Waals surface area contributed by atoms with Crippen LogP contribution >= 0.6 is 11.3 Å². The number of carbonyl (C=O) groups is 1. The third-order valence-corrected chi connectivity index (χ3v) is 5.04. The first kappa shape index (κ1) is 16.1. The molecule has 0 N–H and O–H groups in total. The number of anilines is 1. The number of benzene rings is 1. The van der Waals surface area contributed by atoms with E-state index >= 15 is 0 Å². The molecule has 1 atom stereocenters. The molecule has 5 nitrogen and oxygen atoms in total. The lowest BCUT2D eigenvalue weighted by Gasteiger charge is -2.22. The number of ether oxygens (including phenoxy) is 1. The van der Waals surface area contributed by atoms with Crippen molar-refractivity contribution in [3.8, 4) is 11.3 Å². The van der Waals surface area contributed by atoms with E-state index in [1.54, 1.807) is 17.0 Å². The summed E-state index contributed by atoms with van der Waals surface area (Å²) in [6.07, 6.45) is 3.54. The van der Waals surface area contributed by atoms with Gasteiger partial charge >= 0.3 is 0 Å². The van der Waals surface area contributed by atoms with Crippen LogP contribution in [0.15, 0.2) is 58.5 Å². The number of furan rings is 1. The topological polar surface area (TPSA) is 55.6 Å². The zero-order valence-electron chi connectivity index (χ0n) is 13.6. The van der Waals surface area contributed by atoms with Gasteiger partial charge in [0.1, 0.15) is 0 Å². The van der Waals surface area contributed by atoms with Gasteiger partial charge in [0.2, 0.25) is 0 Å². The molecule has 1 saturated heterocycles. The van der Waals surface area contributed by atoms with Gasteiger partial charge in [0.15, 0.2) is 10.9 Å². The maximum Gasteiger partial charge on any atom is 0.295 e. The second-order valence-corrected chi connectivity index (χ2v) is 6.75. The number of nitrogens with zero attached hydrogens (tertiary/aromatic N) is 2. The van der Waals surface area contributed by atoms with E-state index in [2.05, 4.69) is 4.98 Å². The number of aromatic nitrogens is 1. The maximum atomic E-state index is 12.9. The Morgan fingerprint density at radius 2 is 2.12 bits per heavy atom. The fraction of sp³-hybridized carbons (Fsp3) is 0.263. The van der Waals surface area contributed by atoms with Crippen molar-refractivity contribution < 1.29 is 13.9 Å². The van der Waals surface area contributed by atoms with Gasteiger partial charge in [-0.05, 0) is 25.0 Å². The largest absolute Gasteiger partial charge is 0.459 e. The highest BCUT2D eigenvalue weighted by Gasteiger charge is 2.28. The van der Waals surface area contributed by atoms with Crippen LogP contribution in [0.5, 0.6) is 0 Å². The van der Waals surface area contributed by atoms with Gasteiger partial charge in [-0.1, -0.05) is 30.3 Å². The normalized spacial score (nSPS) is 16.9. The Kier molecular flexibility index (Phi) is 4.63. The van der Waals surface area contributed by atoms with Crippen molar-refractivity contribution in [1.82, 2.24) is 4.98 Å². The number of rotatable bonds is 5. The van der Waals surface area contributed by atoms with Gasteiger partial charge in [0.25, 0.3) is 5.91 Å². The van der Waals surface area contributed by atoms with Gasteiger partial charge in [-0.2, -0.15) is 0 Å². The van der Waals surface area contributed by atoms with Crippen LogP contribution in [0.3, 0.4) is 0 Å². The number of thiazole rings is 1. The Balaban J connectivity index is 1.63. The second kappa shape index (κ2) is 7.21. The van der Waals surface area contributed by atoms with Crippen molar-refractivity contribution in [2.45, 2.75) is 18.9 Å². The fourth-order valence-electron chi connectivity index (χ4n) is 2.90. The van der Waals surface area contributed by atoms with E-state index in [-0.39, 0.29) is 12.0 Å². The average molecular weight is 354 g/mol. The van der Waals surface area contributed by atoms with Crippen LogP contribution in [0.2, 0.25) is 0 Å². The molecule has 0 spiro atoms. The molecule has 25 heavy (non-hydrogen) atoms. The number of hydrogen-bond acceptors (Lipinski definition) is 5. The quantitative estimate of drug-likeness (QED) is 0.688. The van der Waals surface area contributed by atoms with Crippen molar-refractivity contribution in [2.75, 3.05) is 18.1 Å². The Bertz CT molecular complexity index is 823. The summed E-state index contributed by atoms with van der Waals surface area (Å²) in [5.41, 5.74) is 1.90. The Morgan fingerprint density at radius 1 is 1.24 bits per heavy atom. The van der Waals surface area contributed by atoms with Gasteiger partial charge < -0.3 is 9.15 Å². The molecule has 1 aromatic carbocycles. The third kappa shape index (κ3) is 3.50. The minimum atomic E-state index is -0.186. The highest BCUT2D eigenvalue weighted by atomic mass is 32.1. The van der Waals surface area contributed by atoms with E-state index in [1.165, 1.54) is 17.6 Å². The number of carbonyl (C=O) groups excluding carboxylic acids is 1. The first-order valence-corrected chi connectivity index (χ1v) is 9.17. The Morgan fingerprint density at radius 3 is 2.84 bits per heavy atom. The lowest BCUT2D eigenvalue weighted by molar-refractivity contribution is 0.0895. The number of hydrogen-bond donors (Lipinski definition) is 0. The zero-order chi connectivity index (χ0) is 17.1. The smallest absolute Gasteiger partial charge is 0.295 e. The van der Waals surface area contributed by atoms with Crippen LogP contribution < -0.4 is 4.90 Å². The third-order valence-electron chi connectivity index (χ3n) is 4.18. The van der Waals surface area contributed by atoms with Gasteiger partial charge in [-0.25, -0.2) is 4.98 Å². The van der Waals surface area contributed by atoms with E-state index in [0.717, 1.165) is 30.7 Å². The Labute approximate surface area is 149 Å². The highest BCUT2D eigenvalue weighted by molar-refractivity contribution is 7.14. The summed E-state index contributed by atoms with van der Waals surface area (Å²) in [5, 5.41) is 2.64. The summed E-state index contributed by atoms with van der Waals surface area (Å²) in [7, 11) is 0. The van der Waals surface area contributed by atoms with E-state index in [0.29, 0.717) is 17.4 Å². The van der Waals surface area contributed by atoms with E-state index in [1.807, 2.05) is 35.7 Å². The van der Waals surface area contributed by atoms with Gasteiger partial charge in [-0.15, -0.1) is 11.3 Å². The van der Waals surface area contributed by atoms with Gasteiger partial charge in [0, 0.05) is 17.6 Å². The van der Waals surface area contributed by atoms with Gasteiger partial charge in [0.05, 0.1) is 24.6 Å². The van der Waals surface area contributed by atoms with E-state index in [9.17, 15) is 4.79 Å². The van der Waals surface area contributed by atoms with Gasteiger partial charge in [-0.3, -0.25) is 9.69 Å². The molecule has 1 amide bonds. The molecule has 2 aromatic heterocycles. The minimum Gasteiger partial charge on any atom is -0.459 e. The first-order valence-electron chi connectivity index (χ1n) is 8.29. The molecule has 3 heterocycles. The lowest BCUT2D eigenvalue weighted by atomic mass is 10.2. The first-order chi connectivity index (χ1) is 12.3. The van der Waals surface area contributed by atoms with Crippen molar-refractivity contribution >= 4 is 22.4 Å². The highest BCUT2D eigenvalue weighted by Crippen LogP contribution is 2.29. The lowest BCUT2D eigenvalue weighted by Crippen LogP contribution is -2.37. The van der Waals surface area contributed by atoms with Crippen LogP contribution in [0.4, 0.5) is 5.13 Å². The molecule has 128 valence electrons. The zero-order valence-corrected chi connectivity index (χ0v) is 14.4. The summed E-state index contributed by atoms with van der Waals surface area (Å²) < 4.78 is 11.0. The predicted octanol–water partition coefficient (Wildman–Crippen LogP) is 4.23. The van der Waals surface area contributed by atoms with Crippen LogP contribution in [-0.2, 0) is 4.74 Å². The SMILES string of the molecule is O=C(c1ccco1)N(C[C@@H]1CCCO1)c1nc(-c2ccccc2)cs1. The van der Waals surface area contributed by atoms with Crippen LogP contribution in [0.1, 0.15) is 23.4 Å². The maximum absolute atomic E-state index is 12.9. The monoisotopic (exact) mass is 354 g/mol. The second-order valence-electron chi connectivity index (χ2n) is 5.91. The molecule has 3 aromatic rings. The molecule has 4 rings (SSSR count). The Hall–Kier alpha value is -2.44. The van der Waals surface area contributed by atoms with Crippen LogP contribution in [0.25, 0.3) is 11.3 Å². The molecule has 0 aliphatic carbocycles.